The number of aromatic nitrogens is 5. The minimum atomic E-state index is -0.0836. The number of rotatable bonds is 6. The Kier molecular flexibility index (Phi) is 5.09. The molecule has 0 bridgehead atoms. The molecule has 2 aromatic carbocycles. The van der Waals surface area contributed by atoms with Gasteiger partial charge < -0.3 is 19.9 Å². The Bertz CT molecular complexity index is 1490. The highest BCUT2D eigenvalue weighted by atomic mass is 19.3. The Morgan fingerprint density at radius 1 is 0.970 bits per heavy atom. The van der Waals surface area contributed by atoms with Crippen LogP contribution in [0.4, 0.5) is 21.8 Å². The smallest absolute Gasteiger partial charge is 0.227 e. The lowest BCUT2D eigenvalue weighted by molar-refractivity contribution is -0.00365. The molecule has 0 atom stereocenters. The van der Waals surface area contributed by atoms with Crippen molar-refractivity contribution < 1.29 is 14.2 Å². The van der Waals surface area contributed by atoms with Gasteiger partial charge in [-0.2, -0.15) is 0 Å². The average Bonchev–Trinajstić information content (AvgIpc) is 3.20. The van der Waals surface area contributed by atoms with E-state index in [4.69, 9.17) is 4.74 Å². The Morgan fingerprint density at radius 3 is 2.64 bits per heavy atom. The maximum Gasteiger partial charge on any atom is 0.227 e. The number of aryl methyl sites for hydroxylation is 2. The molecule has 9 nitrogen and oxygen atoms in total. The van der Waals surface area contributed by atoms with Gasteiger partial charge >= 0.3 is 0 Å². The maximum atomic E-state index is 13.4. The van der Waals surface area contributed by atoms with Gasteiger partial charge in [0.15, 0.2) is 5.82 Å². The molecular formula is C23H20FN7O2. The number of pyridine rings is 1. The van der Waals surface area contributed by atoms with Gasteiger partial charge in [0.1, 0.15) is 23.6 Å². The zero-order valence-electron chi connectivity index (χ0n) is 18.1. The van der Waals surface area contributed by atoms with Crippen molar-refractivity contribution in [2.75, 3.05) is 17.7 Å². The maximum absolute atomic E-state index is 13.4. The SMILES string of the molecule is CNc1ncc2ncnc(Nc3ccc(Oc4ccc5c(c4)ncn5C)c(C)c3)c2c1OF. The van der Waals surface area contributed by atoms with E-state index >= 15 is 0 Å². The second-order valence-electron chi connectivity index (χ2n) is 7.46. The van der Waals surface area contributed by atoms with E-state index in [-0.39, 0.29) is 11.6 Å². The summed E-state index contributed by atoms with van der Waals surface area (Å²) in [5.41, 5.74) is 3.99. The lowest BCUT2D eigenvalue weighted by Crippen LogP contribution is -2.01. The molecule has 5 rings (SSSR count). The van der Waals surface area contributed by atoms with Gasteiger partial charge in [0.05, 0.1) is 34.5 Å². The number of nitrogens with zero attached hydrogens (tertiary/aromatic N) is 5. The zero-order valence-corrected chi connectivity index (χ0v) is 18.1. The fourth-order valence-corrected chi connectivity index (χ4v) is 3.66. The number of fused-ring (bicyclic) bond motifs is 2. The molecular weight excluding hydrogens is 425 g/mol. The number of nitrogens with one attached hydrogen (secondary N) is 2. The van der Waals surface area contributed by atoms with Crippen LogP contribution in [0.25, 0.3) is 21.9 Å². The molecule has 10 heteroatoms. The molecule has 3 aromatic heterocycles. The van der Waals surface area contributed by atoms with Gasteiger partial charge in [0, 0.05) is 30.4 Å². The first-order valence-electron chi connectivity index (χ1n) is 10.1. The summed E-state index contributed by atoms with van der Waals surface area (Å²) in [7, 11) is 3.58. The van der Waals surface area contributed by atoms with Crippen molar-refractivity contribution in [1.29, 1.82) is 0 Å². The zero-order chi connectivity index (χ0) is 22.9. The van der Waals surface area contributed by atoms with E-state index in [1.165, 1.54) is 12.5 Å². The molecule has 3 heterocycles. The molecule has 0 aliphatic carbocycles. The molecule has 0 aliphatic heterocycles. The summed E-state index contributed by atoms with van der Waals surface area (Å²) in [6.07, 6.45) is 4.68. The van der Waals surface area contributed by atoms with E-state index in [2.05, 4.69) is 35.5 Å². The van der Waals surface area contributed by atoms with Crippen LogP contribution in [0.3, 0.4) is 0 Å². The quantitative estimate of drug-likeness (QED) is 0.374. The third kappa shape index (κ3) is 3.71. The van der Waals surface area contributed by atoms with Crippen LogP contribution in [0.1, 0.15) is 5.56 Å². The van der Waals surface area contributed by atoms with Crippen molar-refractivity contribution >= 4 is 39.3 Å². The molecule has 0 saturated heterocycles. The first-order chi connectivity index (χ1) is 16.1. The number of ether oxygens (including phenoxy) is 1. The highest BCUT2D eigenvalue weighted by Gasteiger charge is 2.17. The predicted molar refractivity (Wildman–Crippen MR) is 124 cm³/mol. The topological polar surface area (TPSA) is 99.0 Å². The van der Waals surface area contributed by atoms with Crippen LogP contribution in [0.15, 0.2) is 55.2 Å². The second-order valence-corrected chi connectivity index (χ2v) is 7.46. The van der Waals surface area contributed by atoms with E-state index in [0.29, 0.717) is 28.2 Å². The van der Waals surface area contributed by atoms with E-state index < -0.39 is 0 Å². The van der Waals surface area contributed by atoms with Gasteiger partial charge in [-0.05, 0) is 42.8 Å². The molecule has 0 aliphatic rings. The predicted octanol–water partition coefficient (Wildman–Crippen LogP) is 5.06. The summed E-state index contributed by atoms with van der Waals surface area (Å²) in [5.74, 6) is 1.95. The van der Waals surface area contributed by atoms with Crippen LogP contribution >= 0.6 is 0 Å². The van der Waals surface area contributed by atoms with Gasteiger partial charge in [-0.3, -0.25) is 4.94 Å². The van der Waals surface area contributed by atoms with Crippen LogP contribution in [-0.2, 0) is 7.05 Å². The number of benzene rings is 2. The monoisotopic (exact) mass is 445 g/mol. The molecule has 0 amide bonds. The summed E-state index contributed by atoms with van der Waals surface area (Å²) < 4.78 is 21.4. The molecule has 0 radical (unpaired) electrons. The first kappa shape index (κ1) is 20.4. The van der Waals surface area contributed by atoms with Crippen molar-refractivity contribution in [2.24, 2.45) is 7.05 Å². The normalized spacial score (nSPS) is 11.0. The van der Waals surface area contributed by atoms with Gasteiger partial charge in [-0.1, -0.05) is 0 Å². The number of anilines is 3. The average molecular weight is 445 g/mol. The van der Waals surface area contributed by atoms with Crippen molar-refractivity contribution in [3.63, 3.8) is 0 Å². The van der Waals surface area contributed by atoms with Gasteiger partial charge in [-0.25, -0.2) is 19.9 Å². The Hall–Kier alpha value is -4.47. The molecule has 0 unspecified atom stereocenters. The molecule has 0 saturated carbocycles. The number of hydrogen-bond donors (Lipinski definition) is 2. The van der Waals surface area contributed by atoms with Crippen LogP contribution in [-0.4, -0.2) is 31.6 Å². The number of halogens is 1. The third-order valence-electron chi connectivity index (χ3n) is 5.31. The van der Waals surface area contributed by atoms with Gasteiger partial charge in [-0.15, -0.1) is 0 Å². The Balaban J connectivity index is 1.44. The summed E-state index contributed by atoms with van der Waals surface area (Å²) in [6, 6.07) is 11.4. The van der Waals surface area contributed by atoms with Gasteiger partial charge in [0.25, 0.3) is 0 Å². The molecule has 2 N–H and O–H groups in total. The van der Waals surface area contributed by atoms with E-state index in [0.717, 1.165) is 22.3 Å². The summed E-state index contributed by atoms with van der Waals surface area (Å²) >= 11 is 0. The molecule has 33 heavy (non-hydrogen) atoms. The number of imidazole rings is 1. The fraction of sp³-hybridized carbons (Fsp3) is 0.130. The van der Waals surface area contributed by atoms with Gasteiger partial charge in [0.2, 0.25) is 5.75 Å². The van der Waals surface area contributed by atoms with Crippen LogP contribution in [0.2, 0.25) is 0 Å². The summed E-state index contributed by atoms with van der Waals surface area (Å²) in [5, 5.41) is 6.39. The standard InChI is InChI=1S/C23H20FN7O2/c1-13-8-14(4-7-19(13)32-15-5-6-18-16(9-15)29-12-31(18)3)30-22-20-17(27-11-28-22)10-26-23(25-2)21(20)33-24/h4-12H,1-3H3,(H,25,26)(H,27,28,30). The van der Waals surface area contributed by atoms with Crippen molar-refractivity contribution in [3.05, 3.63) is 60.8 Å². The molecule has 166 valence electrons. The lowest BCUT2D eigenvalue weighted by Gasteiger charge is -2.14. The highest BCUT2D eigenvalue weighted by Crippen LogP contribution is 2.37. The van der Waals surface area contributed by atoms with Crippen LogP contribution < -0.4 is 20.3 Å². The third-order valence-corrected chi connectivity index (χ3v) is 5.31. The highest BCUT2D eigenvalue weighted by molar-refractivity contribution is 5.98. The van der Waals surface area contributed by atoms with E-state index in [9.17, 15) is 4.53 Å². The molecule has 0 spiro atoms. The van der Waals surface area contributed by atoms with Crippen molar-refractivity contribution in [1.82, 2.24) is 24.5 Å². The molecule has 0 fully saturated rings. The minimum absolute atomic E-state index is 0.0836. The number of hydrogen-bond acceptors (Lipinski definition) is 8. The first-order valence-corrected chi connectivity index (χ1v) is 10.1. The minimum Gasteiger partial charge on any atom is -0.457 e. The Labute approximate surface area is 188 Å². The van der Waals surface area contributed by atoms with Crippen molar-refractivity contribution in [2.45, 2.75) is 6.92 Å². The van der Waals surface area contributed by atoms with Crippen LogP contribution in [0, 0.1) is 6.92 Å². The summed E-state index contributed by atoms with van der Waals surface area (Å²) in [4.78, 5) is 21.0. The Morgan fingerprint density at radius 2 is 1.85 bits per heavy atom. The summed E-state index contributed by atoms with van der Waals surface area (Å²) in [6.45, 7) is 1.94. The van der Waals surface area contributed by atoms with Crippen LogP contribution in [0.5, 0.6) is 17.2 Å². The lowest BCUT2D eigenvalue weighted by atomic mass is 10.2. The fourth-order valence-electron chi connectivity index (χ4n) is 3.66. The molecule has 5 aromatic rings. The largest absolute Gasteiger partial charge is 0.457 e. The van der Waals surface area contributed by atoms with E-state index in [1.54, 1.807) is 13.4 Å². The van der Waals surface area contributed by atoms with Crippen molar-refractivity contribution in [3.8, 4) is 17.2 Å². The van der Waals surface area contributed by atoms with E-state index in [1.807, 2.05) is 54.9 Å². The second kappa shape index (κ2) is 8.23.